The monoisotopic (exact) mass is 313 g/mol. The number of hydrogen-bond acceptors (Lipinski definition) is 3. The second-order valence-corrected chi connectivity index (χ2v) is 6.79. The van der Waals surface area contributed by atoms with Gasteiger partial charge in [0, 0.05) is 32.1 Å². The molecular weight excluding hydrogens is 290 g/mol. The Morgan fingerprint density at radius 2 is 2.26 bits per heavy atom. The Bertz CT molecular complexity index is 719. The molecule has 1 N–H and O–H groups in total. The molecule has 1 aliphatic rings. The molecule has 122 valence electrons. The van der Waals surface area contributed by atoms with E-state index in [0.717, 1.165) is 23.3 Å². The second kappa shape index (κ2) is 6.07. The first-order valence-corrected chi connectivity index (χ1v) is 7.98. The van der Waals surface area contributed by atoms with E-state index >= 15 is 0 Å². The van der Waals surface area contributed by atoms with Crippen molar-refractivity contribution in [2.75, 3.05) is 0 Å². The minimum absolute atomic E-state index is 0.0373. The quantitative estimate of drug-likeness (QED) is 0.923. The average molecular weight is 313 g/mol. The zero-order valence-electron chi connectivity index (χ0n) is 13.9. The third-order valence-electron chi connectivity index (χ3n) is 3.95. The third-order valence-corrected chi connectivity index (χ3v) is 3.95. The molecule has 23 heavy (non-hydrogen) atoms. The number of nitrogens with one attached hydrogen (secondary N) is 1. The third kappa shape index (κ3) is 3.92. The molecule has 5 nitrogen and oxygen atoms in total. The number of fused-ring (bicyclic) bond motifs is 1. The van der Waals surface area contributed by atoms with Gasteiger partial charge in [0.1, 0.15) is 11.4 Å². The average Bonchev–Trinajstić information content (AvgIpc) is 3.03. The van der Waals surface area contributed by atoms with E-state index in [-0.39, 0.29) is 11.5 Å². The summed E-state index contributed by atoms with van der Waals surface area (Å²) in [6.07, 6.45) is 5.08. The fourth-order valence-electron chi connectivity index (χ4n) is 2.87. The Morgan fingerprint density at radius 3 is 3.00 bits per heavy atom. The number of amides is 1. The van der Waals surface area contributed by atoms with Crippen LogP contribution < -0.4 is 10.1 Å². The molecule has 1 aromatic carbocycles. The van der Waals surface area contributed by atoms with Crippen LogP contribution in [0.2, 0.25) is 0 Å². The zero-order valence-corrected chi connectivity index (χ0v) is 13.9. The molecule has 0 atom stereocenters. The van der Waals surface area contributed by atoms with Crippen molar-refractivity contribution in [1.29, 1.82) is 0 Å². The Hall–Kier alpha value is -2.30. The molecule has 0 saturated carbocycles. The van der Waals surface area contributed by atoms with Crippen molar-refractivity contribution >= 4 is 5.91 Å². The lowest BCUT2D eigenvalue weighted by molar-refractivity contribution is -0.121. The predicted octanol–water partition coefficient (Wildman–Crippen LogP) is 2.61. The Morgan fingerprint density at radius 1 is 1.43 bits per heavy atom. The van der Waals surface area contributed by atoms with Gasteiger partial charge in [0.15, 0.2) is 0 Å². The first-order chi connectivity index (χ1) is 10.9. The number of aryl methyl sites for hydroxylation is 2. The fraction of sp³-hybridized carbons (Fsp3) is 0.444. The first kappa shape index (κ1) is 15.6. The normalized spacial score (nSPS) is 15.1. The van der Waals surface area contributed by atoms with E-state index < -0.39 is 0 Å². The standard InChI is InChI=1S/C18H23N3O2/c1-13-10-20-21(12-13)7-6-17(22)19-11-14-4-5-16-15(8-14)9-18(2,3)23-16/h4-5,8,10,12H,6-7,9,11H2,1-3H3,(H,19,22). The number of hydrogen-bond donors (Lipinski definition) is 1. The lowest BCUT2D eigenvalue weighted by Crippen LogP contribution is -2.24. The van der Waals surface area contributed by atoms with Crippen LogP contribution >= 0.6 is 0 Å². The van der Waals surface area contributed by atoms with E-state index in [1.807, 2.05) is 25.3 Å². The van der Waals surface area contributed by atoms with Gasteiger partial charge in [-0.15, -0.1) is 0 Å². The summed E-state index contributed by atoms with van der Waals surface area (Å²) in [7, 11) is 0. The van der Waals surface area contributed by atoms with Crippen molar-refractivity contribution in [3.8, 4) is 5.75 Å². The molecule has 5 heteroatoms. The largest absolute Gasteiger partial charge is 0.487 e. The van der Waals surface area contributed by atoms with E-state index in [4.69, 9.17) is 4.74 Å². The summed E-state index contributed by atoms with van der Waals surface area (Å²) >= 11 is 0. The minimum Gasteiger partial charge on any atom is -0.487 e. The van der Waals surface area contributed by atoms with Crippen molar-refractivity contribution in [3.63, 3.8) is 0 Å². The van der Waals surface area contributed by atoms with E-state index in [0.29, 0.717) is 19.5 Å². The van der Waals surface area contributed by atoms with Gasteiger partial charge in [-0.1, -0.05) is 12.1 Å². The molecule has 1 aromatic heterocycles. The predicted molar refractivity (Wildman–Crippen MR) is 88.3 cm³/mol. The Kier molecular flexibility index (Phi) is 4.11. The van der Waals surface area contributed by atoms with Gasteiger partial charge in [0.05, 0.1) is 6.20 Å². The van der Waals surface area contributed by atoms with Gasteiger partial charge in [-0.2, -0.15) is 5.10 Å². The molecule has 2 heterocycles. The Balaban J connectivity index is 1.50. The highest BCUT2D eigenvalue weighted by Crippen LogP contribution is 2.35. The topological polar surface area (TPSA) is 56.2 Å². The van der Waals surface area contributed by atoms with E-state index in [1.165, 1.54) is 5.56 Å². The highest BCUT2D eigenvalue weighted by molar-refractivity contribution is 5.75. The SMILES string of the molecule is Cc1cnn(CCC(=O)NCc2ccc3c(c2)CC(C)(C)O3)c1. The molecule has 3 rings (SSSR count). The van der Waals surface area contributed by atoms with Crippen LogP contribution in [0.1, 0.15) is 37.0 Å². The molecule has 0 aliphatic carbocycles. The van der Waals surface area contributed by atoms with Gasteiger partial charge >= 0.3 is 0 Å². The van der Waals surface area contributed by atoms with Crippen LogP contribution in [-0.2, 0) is 24.3 Å². The molecule has 0 bridgehead atoms. The van der Waals surface area contributed by atoms with Crippen molar-refractivity contribution in [1.82, 2.24) is 15.1 Å². The lowest BCUT2D eigenvalue weighted by atomic mass is 10.0. The summed E-state index contributed by atoms with van der Waals surface area (Å²) < 4.78 is 7.66. The molecular formula is C18H23N3O2. The van der Waals surface area contributed by atoms with Gasteiger partial charge in [-0.3, -0.25) is 9.48 Å². The molecule has 0 spiro atoms. The number of benzene rings is 1. The summed E-state index contributed by atoms with van der Waals surface area (Å²) in [6, 6.07) is 6.14. The van der Waals surface area contributed by atoms with Crippen LogP contribution in [0, 0.1) is 6.92 Å². The summed E-state index contributed by atoms with van der Waals surface area (Å²) in [5, 5.41) is 7.15. The molecule has 1 aliphatic heterocycles. The van der Waals surface area contributed by atoms with E-state index in [2.05, 4.69) is 30.3 Å². The van der Waals surface area contributed by atoms with Gasteiger partial charge in [0.25, 0.3) is 0 Å². The second-order valence-electron chi connectivity index (χ2n) is 6.79. The van der Waals surface area contributed by atoms with Crippen molar-refractivity contribution in [2.45, 2.75) is 52.3 Å². The summed E-state index contributed by atoms with van der Waals surface area (Å²) in [6.45, 7) is 7.32. The van der Waals surface area contributed by atoms with Gasteiger partial charge in [0.2, 0.25) is 5.91 Å². The first-order valence-electron chi connectivity index (χ1n) is 7.98. The molecule has 0 radical (unpaired) electrons. The van der Waals surface area contributed by atoms with E-state index in [1.54, 1.807) is 10.9 Å². The van der Waals surface area contributed by atoms with Crippen molar-refractivity contribution in [3.05, 3.63) is 47.3 Å². The molecule has 2 aromatic rings. The highest BCUT2D eigenvalue weighted by Gasteiger charge is 2.29. The van der Waals surface area contributed by atoms with Gasteiger partial charge in [-0.25, -0.2) is 0 Å². The molecule has 0 fully saturated rings. The Labute approximate surface area is 136 Å². The molecule has 0 saturated heterocycles. The zero-order chi connectivity index (χ0) is 16.4. The van der Waals surface area contributed by atoms with Gasteiger partial charge in [-0.05, 0) is 43.5 Å². The number of rotatable bonds is 5. The molecule has 0 unspecified atom stereocenters. The number of ether oxygens (including phenoxy) is 1. The smallest absolute Gasteiger partial charge is 0.222 e. The number of aromatic nitrogens is 2. The summed E-state index contributed by atoms with van der Waals surface area (Å²) in [4.78, 5) is 12.0. The summed E-state index contributed by atoms with van der Waals surface area (Å²) in [5.41, 5.74) is 3.29. The van der Waals surface area contributed by atoms with Crippen LogP contribution in [0.25, 0.3) is 0 Å². The van der Waals surface area contributed by atoms with Crippen molar-refractivity contribution < 1.29 is 9.53 Å². The maximum atomic E-state index is 12.0. The molecule has 1 amide bonds. The van der Waals surface area contributed by atoms with E-state index in [9.17, 15) is 4.79 Å². The van der Waals surface area contributed by atoms with Crippen LogP contribution in [0.4, 0.5) is 0 Å². The van der Waals surface area contributed by atoms with Crippen LogP contribution in [0.3, 0.4) is 0 Å². The fourth-order valence-corrected chi connectivity index (χ4v) is 2.87. The van der Waals surface area contributed by atoms with Gasteiger partial charge < -0.3 is 10.1 Å². The maximum Gasteiger partial charge on any atom is 0.222 e. The lowest BCUT2D eigenvalue weighted by Gasteiger charge is -2.16. The van der Waals surface area contributed by atoms with Crippen LogP contribution in [0.15, 0.2) is 30.6 Å². The van der Waals surface area contributed by atoms with Crippen LogP contribution in [0.5, 0.6) is 5.75 Å². The van der Waals surface area contributed by atoms with Crippen LogP contribution in [-0.4, -0.2) is 21.3 Å². The minimum atomic E-state index is -0.133. The summed E-state index contributed by atoms with van der Waals surface area (Å²) in [5.74, 6) is 0.995. The number of carbonyl (C=O) groups excluding carboxylic acids is 1. The van der Waals surface area contributed by atoms with Crippen molar-refractivity contribution in [2.24, 2.45) is 0 Å². The maximum absolute atomic E-state index is 12.0. The number of carbonyl (C=O) groups is 1. The number of nitrogens with zero attached hydrogens (tertiary/aromatic N) is 2. The highest BCUT2D eigenvalue weighted by atomic mass is 16.5.